The topological polar surface area (TPSA) is 52.6 Å². The van der Waals surface area contributed by atoms with E-state index < -0.39 is 0 Å². The second-order valence-corrected chi connectivity index (χ2v) is 5.26. The van der Waals surface area contributed by atoms with Gasteiger partial charge >= 0.3 is 6.03 Å². The highest BCUT2D eigenvalue weighted by Gasteiger charge is 2.23. The first-order valence-corrected chi connectivity index (χ1v) is 7.37. The second-order valence-electron chi connectivity index (χ2n) is 5.26. The summed E-state index contributed by atoms with van der Waals surface area (Å²) in [6.07, 6.45) is 7.28. The summed E-state index contributed by atoms with van der Waals surface area (Å²) in [6, 6.07) is 0.309. The van der Waals surface area contributed by atoms with Crippen molar-refractivity contribution in [3.05, 3.63) is 0 Å². The van der Waals surface area contributed by atoms with Crippen LogP contribution in [-0.2, 0) is 0 Å². The highest BCUT2D eigenvalue weighted by atomic mass is 16.3. The smallest absolute Gasteiger partial charge is 0.317 e. The van der Waals surface area contributed by atoms with Gasteiger partial charge in [0.25, 0.3) is 0 Å². The van der Waals surface area contributed by atoms with Crippen LogP contribution in [0.1, 0.15) is 52.4 Å². The fourth-order valence-corrected chi connectivity index (χ4v) is 2.79. The molecule has 0 radical (unpaired) electrons. The van der Waals surface area contributed by atoms with Crippen molar-refractivity contribution in [2.24, 2.45) is 5.92 Å². The number of amides is 2. The Hall–Kier alpha value is -0.770. The zero-order valence-electron chi connectivity index (χ0n) is 11.8. The first kappa shape index (κ1) is 15.3. The Morgan fingerprint density at radius 1 is 1.28 bits per heavy atom. The average molecular weight is 256 g/mol. The minimum Gasteiger partial charge on any atom is -0.395 e. The number of rotatable bonds is 6. The Kier molecular flexibility index (Phi) is 7.09. The molecule has 0 aromatic rings. The van der Waals surface area contributed by atoms with Gasteiger partial charge in [-0.2, -0.15) is 0 Å². The van der Waals surface area contributed by atoms with Crippen molar-refractivity contribution in [3.63, 3.8) is 0 Å². The molecule has 2 amide bonds. The summed E-state index contributed by atoms with van der Waals surface area (Å²) in [4.78, 5) is 13.6. The maximum absolute atomic E-state index is 11.9. The minimum atomic E-state index is -0.0227. The lowest BCUT2D eigenvalue weighted by Gasteiger charge is -2.31. The second kappa shape index (κ2) is 8.35. The van der Waals surface area contributed by atoms with Crippen LogP contribution in [0.3, 0.4) is 0 Å². The number of aliphatic hydroxyl groups is 1. The van der Waals surface area contributed by atoms with Gasteiger partial charge in [0.1, 0.15) is 0 Å². The van der Waals surface area contributed by atoms with Gasteiger partial charge in [-0.1, -0.05) is 19.8 Å². The van der Waals surface area contributed by atoms with Gasteiger partial charge in [0.2, 0.25) is 0 Å². The summed E-state index contributed by atoms with van der Waals surface area (Å²) >= 11 is 0. The van der Waals surface area contributed by atoms with Crippen LogP contribution in [-0.4, -0.2) is 41.8 Å². The van der Waals surface area contributed by atoms with E-state index >= 15 is 0 Å². The first-order valence-electron chi connectivity index (χ1n) is 7.37. The van der Waals surface area contributed by atoms with E-state index in [0.717, 1.165) is 18.8 Å². The van der Waals surface area contributed by atoms with E-state index in [1.807, 2.05) is 6.92 Å². The molecular formula is C14H28N2O2. The Morgan fingerprint density at radius 3 is 2.44 bits per heavy atom. The number of carbonyl (C=O) groups excluding carboxylic acids is 1. The van der Waals surface area contributed by atoms with Gasteiger partial charge in [-0.15, -0.1) is 0 Å². The van der Waals surface area contributed by atoms with E-state index in [1.165, 1.54) is 25.7 Å². The number of hydrogen-bond acceptors (Lipinski definition) is 2. The number of carbonyl (C=O) groups is 1. The average Bonchev–Trinajstić information content (AvgIpc) is 2.38. The molecule has 0 saturated heterocycles. The van der Waals surface area contributed by atoms with Crippen LogP contribution in [0.4, 0.5) is 4.79 Å². The van der Waals surface area contributed by atoms with Crippen LogP contribution in [0.15, 0.2) is 0 Å². The summed E-state index contributed by atoms with van der Waals surface area (Å²) in [6.45, 7) is 5.28. The molecule has 1 saturated carbocycles. The SMILES string of the molecule is CCCC1CCC(NC(=O)N(CC)CCO)CC1. The lowest BCUT2D eigenvalue weighted by molar-refractivity contribution is 0.171. The zero-order chi connectivity index (χ0) is 13.4. The summed E-state index contributed by atoms with van der Waals surface area (Å²) in [7, 11) is 0. The summed E-state index contributed by atoms with van der Waals surface area (Å²) in [5.74, 6) is 0.864. The predicted molar refractivity (Wildman–Crippen MR) is 73.5 cm³/mol. The van der Waals surface area contributed by atoms with E-state index in [-0.39, 0.29) is 12.6 Å². The van der Waals surface area contributed by atoms with Gasteiger partial charge in [-0.05, 0) is 38.5 Å². The zero-order valence-corrected chi connectivity index (χ0v) is 11.8. The molecule has 0 aromatic carbocycles. The monoisotopic (exact) mass is 256 g/mol. The molecule has 0 aromatic heterocycles. The van der Waals surface area contributed by atoms with Gasteiger partial charge in [0.15, 0.2) is 0 Å². The number of nitrogens with one attached hydrogen (secondary N) is 1. The maximum atomic E-state index is 11.9. The molecule has 18 heavy (non-hydrogen) atoms. The van der Waals surface area contributed by atoms with Crippen LogP contribution in [0.5, 0.6) is 0 Å². The molecule has 2 N–H and O–H groups in total. The summed E-state index contributed by atoms with van der Waals surface area (Å²) < 4.78 is 0. The van der Waals surface area contributed by atoms with Crippen molar-refractivity contribution < 1.29 is 9.90 Å². The Labute approximate surface area is 111 Å². The maximum Gasteiger partial charge on any atom is 0.317 e. The van der Waals surface area contributed by atoms with E-state index in [1.54, 1.807) is 4.90 Å². The van der Waals surface area contributed by atoms with E-state index in [2.05, 4.69) is 12.2 Å². The molecule has 0 bridgehead atoms. The molecule has 4 nitrogen and oxygen atoms in total. The van der Waals surface area contributed by atoms with Crippen LogP contribution in [0.2, 0.25) is 0 Å². The van der Waals surface area contributed by atoms with Crippen LogP contribution < -0.4 is 5.32 Å². The number of urea groups is 1. The molecule has 1 aliphatic rings. The van der Waals surface area contributed by atoms with Crippen molar-refractivity contribution in [3.8, 4) is 0 Å². The van der Waals surface area contributed by atoms with Crippen molar-refractivity contribution in [1.82, 2.24) is 10.2 Å². The van der Waals surface area contributed by atoms with Gasteiger partial charge in [-0.3, -0.25) is 0 Å². The minimum absolute atomic E-state index is 0.0227. The van der Waals surface area contributed by atoms with Crippen LogP contribution in [0.25, 0.3) is 0 Å². The third-order valence-electron chi connectivity index (χ3n) is 3.91. The number of likely N-dealkylation sites (N-methyl/N-ethyl adjacent to an activating group) is 1. The molecule has 0 aliphatic heterocycles. The number of aliphatic hydroxyl groups excluding tert-OH is 1. The van der Waals surface area contributed by atoms with Gasteiger partial charge in [0, 0.05) is 19.1 Å². The molecule has 106 valence electrons. The Balaban J connectivity index is 2.29. The molecule has 4 heteroatoms. The molecule has 0 heterocycles. The van der Waals surface area contributed by atoms with Gasteiger partial charge in [0.05, 0.1) is 6.61 Å². The Bertz CT molecular complexity index is 238. The largest absolute Gasteiger partial charge is 0.395 e. The molecular weight excluding hydrogens is 228 g/mol. The predicted octanol–water partition coefficient (Wildman–Crippen LogP) is 2.37. The molecule has 1 fully saturated rings. The van der Waals surface area contributed by atoms with Gasteiger partial charge in [-0.25, -0.2) is 4.79 Å². The van der Waals surface area contributed by atoms with Crippen molar-refractivity contribution in [1.29, 1.82) is 0 Å². The standard InChI is InChI=1S/C14H28N2O2/c1-3-5-12-6-8-13(9-7-12)15-14(18)16(4-2)10-11-17/h12-13,17H,3-11H2,1-2H3,(H,15,18). The van der Waals surface area contributed by atoms with Crippen LogP contribution >= 0.6 is 0 Å². The third-order valence-corrected chi connectivity index (χ3v) is 3.91. The molecule has 0 unspecified atom stereocenters. The Morgan fingerprint density at radius 2 is 1.94 bits per heavy atom. The first-order chi connectivity index (χ1) is 8.71. The van der Waals surface area contributed by atoms with Gasteiger partial charge < -0.3 is 15.3 Å². The fourth-order valence-electron chi connectivity index (χ4n) is 2.79. The molecule has 1 rings (SSSR count). The normalized spacial score (nSPS) is 23.7. The van der Waals surface area contributed by atoms with Crippen molar-refractivity contribution in [2.75, 3.05) is 19.7 Å². The van der Waals surface area contributed by atoms with Crippen molar-refractivity contribution in [2.45, 2.75) is 58.4 Å². The molecule has 0 atom stereocenters. The third kappa shape index (κ3) is 4.84. The van der Waals surface area contributed by atoms with Crippen molar-refractivity contribution >= 4 is 6.03 Å². The lowest BCUT2D eigenvalue weighted by Crippen LogP contribution is -2.46. The molecule has 0 spiro atoms. The lowest BCUT2D eigenvalue weighted by atomic mass is 9.83. The van der Waals surface area contributed by atoms with E-state index in [9.17, 15) is 4.79 Å². The highest BCUT2D eigenvalue weighted by Crippen LogP contribution is 2.27. The van der Waals surface area contributed by atoms with Crippen LogP contribution in [0, 0.1) is 5.92 Å². The van der Waals surface area contributed by atoms with E-state index in [0.29, 0.717) is 19.1 Å². The fraction of sp³-hybridized carbons (Fsp3) is 0.929. The quantitative estimate of drug-likeness (QED) is 0.766. The number of hydrogen-bond donors (Lipinski definition) is 2. The summed E-state index contributed by atoms with van der Waals surface area (Å²) in [5, 5.41) is 12.0. The summed E-state index contributed by atoms with van der Waals surface area (Å²) in [5.41, 5.74) is 0. The van der Waals surface area contributed by atoms with E-state index in [4.69, 9.17) is 5.11 Å². The highest BCUT2D eigenvalue weighted by molar-refractivity contribution is 5.74. The molecule has 1 aliphatic carbocycles. The number of nitrogens with zero attached hydrogens (tertiary/aromatic N) is 1.